The standard InChI is InChI=1S/C13H12F3NO2/c1-7-3-9-8(5-11(18)19-2)6-17-12(9)10(4-7)13(14,15)16/h3-4,6,17H,5H2,1-2H3. The first-order valence-corrected chi connectivity index (χ1v) is 5.57. The molecule has 0 atom stereocenters. The van der Waals surface area contributed by atoms with E-state index in [1.54, 1.807) is 13.0 Å². The number of methoxy groups -OCH3 is 1. The zero-order valence-electron chi connectivity index (χ0n) is 10.4. The van der Waals surface area contributed by atoms with Crippen molar-refractivity contribution in [2.24, 2.45) is 0 Å². The Kier molecular flexibility index (Phi) is 3.26. The minimum absolute atomic E-state index is 0.00277. The summed E-state index contributed by atoms with van der Waals surface area (Å²) in [6.07, 6.45) is -3.08. The number of aromatic amines is 1. The summed E-state index contributed by atoms with van der Waals surface area (Å²) in [4.78, 5) is 13.8. The molecule has 3 nitrogen and oxygen atoms in total. The number of alkyl halides is 3. The molecule has 0 amide bonds. The molecule has 1 aromatic carbocycles. The number of esters is 1. The predicted molar refractivity (Wildman–Crippen MR) is 63.8 cm³/mol. The number of aryl methyl sites for hydroxylation is 1. The lowest BCUT2D eigenvalue weighted by atomic mass is 10.0. The number of aromatic nitrogens is 1. The zero-order valence-corrected chi connectivity index (χ0v) is 10.4. The normalized spacial score (nSPS) is 11.8. The lowest BCUT2D eigenvalue weighted by Crippen LogP contribution is -2.07. The van der Waals surface area contributed by atoms with Crippen molar-refractivity contribution in [3.63, 3.8) is 0 Å². The molecule has 0 aliphatic carbocycles. The van der Waals surface area contributed by atoms with Gasteiger partial charge in [0.1, 0.15) is 0 Å². The van der Waals surface area contributed by atoms with Gasteiger partial charge in [-0.15, -0.1) is 0 Å². The fourth-order valence-corrected chi connectivity index (χ4v) is 2.03. The van der Waals surface area contributed by atoms with Crippen molar-refractivity contribution in [3.05, 3.63) is 35.0 Å². The molecular formula is C13H12F3NO2. The van der Waals surface area contributed by atoms with Gasteiger partial charge in [0.05, 0.1) is 24.6 Å². The number of fused-ring (bicyclic) bond motifs is 1. The van der Waals surface area contributed by atoms with Gasteiger partial charge in [0.2, 0.25) is 0 Å². The highest BCUT2D eigenvalue weighted by Gasteiger charge is 2.33. The van der Waals surface area contributed by atoms with Gasteiger partial charge in [-0.25, -0.2) is 0 Å². The van der Waals surface area contributed by atoms with Crippen molar-refractivity contribution in [3.8, 4) is 0 Å². The summed E-state index contributed by atoms with van der Waals surface area (Å²) in [6.45, 7) is 1.59. The van der Waals surface area contributed by atoms with Crippen LogP contribution in [0.25, 0.3) is 10.9 Å². The number of H-pyrrole nitrogens is 1. The summed E-state index contributed by atoms with van der Waals surface area (Å²) >= 11 is 0. The Labute approximate surface area is 107 Å². The second kappa shape index (κ2) is 4.60. The number of benzene rings is 1. The maximum atomic E-state index is 12.9. The molecule has 0 aliphatic heterocycles. The molecule has 2 aromatic rings. The monoisotopic (exact) mass is 271 g/mol. The summed E-state index contributed by atoms with van der Waals surface area (Å²) in [5.41, 5.74) is 0.261. The zero-order chi connectivity index (χ0) is 14.2. The van der Waals surface area contributed by atoms with Gasteiger partial charge in [0.25, 0.3) is 0 Å². The second-order valence-corrected chi connectivity index (χ2v) is 4.30. The number of ether oxygens (including phenoxy) is 1. The molecule has 102 valence electrons. The van der Waals surface area contributed by atoms with Crippen molar-refractivity contribution in [2.75, 3.05) is 7.11 Å². The van der Waals surface area contributed by atoms with Gasteiger partial charge in [0, 0.05) is 11.6 Å². The Bertz CT molecular complexity index is 629. The lowest BCUT2D eigenvalue weighted by Gasteiger charge is -2.09. The maximum Gasteiger partial charge on any atom is 0.418 e. The Morgan fingerprint density at radius 1 is 1.37 bits per heavy atom. The van der Waals surface area contributed by atoms with E-state index in [9.17, 15) is 18.0 Å². The summed E-state index contributed by atoms with van der Waals surface area (Å²) < 4.78 is 43.3. The largest absolute Gasteiger partial charge is 0.469 e. The quantitative estimate of drug-likeness (QED) is 0.852. The number of carbonyl (C=O) groups is 1. The average Bonchev–Trinajstić information content (AvgIpc) is 2.70. The summed E-state index contributed by atoms with van der Waals surface area (Å²) in [5, 5.41) is 0.401. The maximum absolute atomic E-state index is 12.9. The van der Waals surface area contributed by atoms with Crippen LogP contribution in [0.2, 0.25) is 0 Å². The molecule has 0 aliphatic rings. The molecule has 2 rings (SSSR count). The number of halogens is 3. The Balaban J connectivity index is 2.60. The molecule has 19 heavy (non-hydrogen) atoms. The van der Waals surface area contributed by atoms with Gasteiger partial charge >= 0.3 is 12.1 Å². The highest BCUT2D eigenvalue weighted by molar-refractivity contribution is 5.90. The van der Waals surface area contributed by atoms with E-state index in [4.69, 9.17) is 0 Å². The first-order chi connectivity index (χ1) is 8.82. The SMILES string of the molecule is COC(=O)Cc1c[nH]c2c(C(F)(F)F)cc(C)cc12. The lowest BCUT2D eigenvalue weighted by molar-refractivity contribution is -0.139. The molecule has 1 heterocycles. The van der Waals surface area contributed by atoms with Crippen LogP contribution in [0.1, 0.15) is 16.7 Å². The minimum atomic E-state index is -4.43. The van der Waals surface area contributed by atoms with Gasteiger partial charge in [-0.1, -0.05) is 0 Å². The third-order valence-electron chi connectivity index (χ3n) is 2.89. The van der Waals surface area contributed by atoms with Gasteiger partial charge in [-0.2, -0.15) is 13.2 Å². The number of nitrogens with one attached hydrogen (secondary N) is 1. The molecule has 6 heteroatoms. The van der Waals surface area contributed by atoms with Crippen LogP contribution in [0, 0.1) is 6.92 Å². The molecule has 0 saturated heterocycles. The molecular weight excluding hydrogens is 259 g/mol. The molecule has 0 bridgehead atoms. The minimum Gasteiger partial charge on any atom is -0.469 e. The highest BCUT2D eigenvalue weighted by atomic mass is 19.4. The van der Waals surface area contributed by atoms with E-state index < -0.39 is 17.7 Å². The van der Waals surface area contributed by atoms with Crippen LogP contribution in [-0.2, 0) is 22.1 Å². The van der Waals surface area contributed by atoms with Gasteiger partial charge in [-0.3, -0.25) is 4.79 Å². The number of rotatable bonds is 2. The summed E-state index contributed by atoms with van der Waals surface area (Å²) in [5.74, 6) is -0.490. The van der Waals surface area contributed by atoms with Gasteiger partial charge < -0.3 is 9.72 Å². The number of hydrogen-bond donors (Lipinski definition) is 1. The molecule has 0 fully saturated rings. The Morgan fingerprint density at radius 3 is 2.63 bits per heavy atom. The van der Waals surface area contributed by atoms with E-state index in [0.717, 1.165) is 6.07 Å². The van der Waals surface area contributed by atoms with Crippen LogP contribution < -0.4 is 0 Å². The van der Waals surface area contributed by atoms with Crippen LogP contribution in [0.3, 0.4) is 0 Å². The third kappa shape index (κ3) is 2.57. The van der Waals surface area contributed by atoms with Crippen LogP contribution in [0.4, 0.5) is 13.2 Å². The fraction of sp³-hybridized carbons (Fsp3) is 0.308. The van der Waals surface area contributed by atoms with Gasteiger partial charge in [0.15, 0.2) is 0 Å². The van der Waals surface area contributed by atoms with Crippen LogP contribution >= 0.6 is 0 Å². The molecule has 0 spiro atoms. The van der Waals surface area contributed by atoms with Crippen LogP contribution in [0.15, 0.2) is 18.3 Å². The molecule has 0 radical (unpaired) electrons. The molecule has 1 aromatic heterocycles. The first-order valence-electron chi connectivity index (χ1n) is 5.57. The Hall–Kier alpha value is -1.98. The van der Waals surface area contributed by atoms with E-state index in [-0.39, 0.29) is 11.9 Å². The van der Waals surface area contributed by atoms with E-state index in [1.165, 1.54) is 13.3 Å². The van der Waals surface area contributed by atoms with E-state index in [2.05, 4.69) is 9.72 Å². The third-order valence-corrected chi connectivity index (χ3v) is 2.89. The van der Waals surface area contributed by atoms with Crippen molar-refractivity contribution >= 4 is 16.9 Å². The predicted octanol–water partition coefficient (Wildman–Crippen LogP) is 3.21. The molecule has 0 saturated carbocycles. The first kappa shape index (κ1) is 13.5. The van der Waals surface area contributed by atoms with Crippen molar-refractivity contribution in [1.82, 2.24) is 4.98 Å². The van der Waals surface area contributed by atoms with E-state index in [0.29, 0.717) is 16.5 Å². The molecule has 0 unspecified atom stereocenters. The van der Waals surface area contributed by atoms with Crippen LogP contribution in [-0.4, -0.2) is 18.1 Å². The highest BCUT2D eigenvalue weighted by Crippen LogP contribution is 2.36. The Morgan fingerprint density at radius 2 is 2.05 bits per heavy atom. The van der Waals surface area contributed by atoms with E-state index >= 15 is 0 Å². The van der Waals surface area contributed by atoms with Crippen molar-refractivity contribution in [1.29, 1.82) is 0 Å². The summed E-state index contributed by atoms with van der Waals surface area (Å²) in [6, 6.07) is 2.71. The fourth-order valence-electron chi connectivity index (χ4n) is 2.03. The van der Waals surface area contributed by atoms with Crippen molar-refractivity contribution < 1.29 is 22.7 Å². The number of carbonyl (C=O) groups excluding carboxylic acids is 1. The topological polar surface area (TPSA) is 42.1 Å². The summed E-state index contributed by atoms with van der Waals surface area (Å²) in [7, 11) is 1.24. The average molecular weight is 271 g/mol. The van der Waals surface area contributed by atoms with Gasteiger partial charge in [-0.05, 0) is 30.2 Å². The number of hydrogen-bond acceptors (Lipinski definition) is 2. The second-order valence-electron chi connectivity index (χ2n) is 4.30. The van der Waals surface area contributed by atoms with Crippen LogP contribution in [0.5, 0.6) is 0 Å². The van der Waals surface area contributed by atoms with E-state index in [1.807, 2.05) is 0 Å². The van der Waals surface area contributed by atoms with Crippen molar-refractivity contribution in [2.45, 2.75) is 19.5 Å². The smallest absolute Gasteiger partial charge is 0.418 e. The molecule has 1 N–H and O–H groups in total.